The van der Waals surface area contributed by atoms with Gasteiger partial charge in [-0.15, -0.1) is 24.0 Å². The van der Waals surface area contributed by atoms with Crippen LogP contribution in [0.3, 0.4) is 0 Å². The largest absolute Gasteiger partial charge is 0.370 e. The molecule has 140 valence electrons. The Morgan fingerprint density at radius 1 is 0.840 bits per heavy atom. The fourth-order valence-corrected chi connectivity index (χ4v) is 3.79. The molecule has 1 aromatic carbocycles. The van der Waals surface area contributed by atoms with E-state index in [4.69, 9.17) is 10.7 Å². The summed E-state index contributed by atoms with van der Waals surface area (Å²) in [5.41, 5.74) is 8.99. The predicted molar refractivity (Wildman–Crippen MR) is 116 cm³/mol. The van der Waals surface area contributed by atoms with E-state index in [1.165, 1.54) is 69.2 Å². The fraction of sp³-hybridized carbons (Fsp3) is 0.650. The number of halogens is 1. The van der Waals surface area contributed by atoms with Crippen LogP contribution in [0.25, 0.3) is 0 Å². The molecular formula is C20H33IN4. The lowest BCUT2D eigenvalue weighted by Crippen LogP contribution is -2.38. The van der Waals surface area contributed by atoms with Crippen LogP contribution < -0.4 is 5.73 Å². The topological polar surface area (TPSA) is 44.9 Å². The Morgan fingerprint density at radius 3 is 2.08 bits per heavy atom. The van der Waals surface area contributed by atoms with E-state index in [0.717, 1.165) is 25.6 Å². The molecule has 0 unspecified atom stereocenters. The van der Waals surface area contributed by atoms with Crippen LogP contribution in [0.1, 0.15) is 56.1 Å². The lowest BCUT2D eigenvalue weighted by molar-refractivity contribution is 0.220. The summed E-state index contributed by atoms with van der Waals surface area (Å²) in [5, 5.41) is 0. The molecule has 3 rings (SSSR count). The molecule has 5 heteroatoms. The number of benzene rings is 1. The molecule has 0 saturated carbocycles. The molecule has 0 aromatic heterocycles. The van der Waals surface area contributed by atoms with Gasteiger partial charge in [-0.25, -0.2) is 4.99 Å². The van der Waals surface area contributed by atoms with Gasteiger partial charge in [0.25, 0.3) is 0 Å². The van der Waals surface area contributed by atoms with Crippen LogP contribution in [0.5, 0.6) is 0 Å². The van der Waals surface area contributed by atoms with Gasteiger partial charge in [0, 0.05) is 19.6 Å². The van der Waals surface area contributed by atoms with E-state index in [1.807, 2.05) is 0 Å². The van der Waals surface area contributed by atoms with E-state index < -0.39 is 0 Å². The first-order chi connectivity index (χ1) is 11.8. The Labute approximate surface area is 169 Å². The lowest BCUT2D eigenvalue weighted by Gasteiger charge is -2.27. The molecule has 4 nitrogen and oxygen atoms in total. The van der Waals surface area contributed by atoms with E-state index in [1.54, 1.807) is 0 Å². The quantitative estimate of drug-likeness (QED) is 0.424. The maximum absolute atomic E-state index is 6.27. The van der Waals surface area contributed by atoms with Crippen LogP contribution in [0, 0.1) is 0 Å². The van der Waals surface area contributed by atoms with Crippen LogP contribution in [0.2, 0.25) is 0 Å². The van der Waals surface area contributed by atoms with Gasteiger partial charge in [0.1, 0.15) is 0 Å². The van der Waals surface area contributed by atoms with Gasteiger partial charge in [-0.1, -0.05) is 43.5 Å². The van der Waals surface area contributed by atoms with Crippen molar-refractivity contribution >= 4 is 29.9 Å². The smallest absolute Gasteiger partial charge is 0.191 e. The fourth-order valence-electron chi connectivity index (χ4n) is 3.79. The van der Waals surface area contributed by atoms with Gasteiger partial charge in [0.15, 0.2) is 5.96 Å². The second kappa shape index (κ2) is 11.0. The van der Waals surface area contributed by atoms with E-state index >= 15 is 0 Å². The number of hydrogen-bond acceptors (Lipinski definition) is 2. The predicted octanol–water partition coefficient (Wildman–Crippen LogP) is 3.98. The van der Waals surface area contributed by atoms with Gasteiger partial charge in [-0.2, -0.15) is 0 Å². The summed E-state index contributed by atoms with van der Waals surface area (Å²) >= 11 is 0. The Kier molecular flexibility index (Phi) is 9.03. The van der Waals surface area contributed by atoms with Gasteiger partial charge < -0.3 is 10.6 Å². The van der Waals surface area contributed by atoms with Crippen molar-refractivity contribution in [1.29, 1.82) is 0 Å². The Morgan fingerprint density at radius 2 is 1.40 bits per heavy atom. The molecule has 2 N–H and O–H groups in total. The molecule has 0 aliphatic carbocycles. The van der Waals surface area contributed by atoms with Gasteiger partial charge in [-0.05, 0) is 49.9 Å². The zero-order chi connectivity index (χ0) is 16.6. The molecular weight excluding hydrogens is 423 g/mol. The van der Waals surface area contributed by atoms with Crippen molar-refractivity contribution < 1.29 is 0 Å². The second-order valence-electron chi connectivity index (χ2n) is 7.18. The molecule has 0 bridgehead atoms. The van der Waals surface area contributed by atoms with Crippen molar-refractivity contribution in [3.8, 4) is 0 Å². The number of likely N-dealkylation sites (tertiary alicyclic amines) is 2. The molecule has 1 aromatic rings. The molecule has 2 aliphatic rings. The molecule has 2 saturated heterocycles. The highest BCUT2D eigenvalue weighted by Gasteiger charge is 2.13. The third-order valence-corrected chi connectivity index (χ3v) is 5.30. The zero-order valence-corrected chi connectivity index (χ0v) is 17.7. The van der Waals surface area contributed by atoms with Crippen LogP contribution in [0.15, 0.2) is 29.3 Å². The second-order valence-corrected chi connectivity index (χ2v) is 7.18. The molecule has 0 amide bonds. The maximum atomic E-state index is 6.27. The standard InChI is InChI=1S/C20H32N4.HI/c21-20(24-14-8-1-2-9-15-24)22-16-18-10-4-5-11-19(18)17-23-12-6-3-7-13-23;/h4-5,10-11H,1-3,6-9,12-17H2,(H2,21,22);1H. The van der Waals surface area contributed by atoms with Crippen molar-refractivity contribution in [3.63, 3.8) is 0 Å². The minimum absolute atomic E-state index is 0. The van der Waals surface area contributed by atoms with Crippen molar-refractivity contribution in [2.45, 2.75) is 58.0 Å². The Bertz CT molecular complexity index is 532. The highest BCUT2D eigenvalue weighted by molar-refractivity contribution is 14.0. The lowest BCUT2D eigenvalue weighted by atomic mass is 10.1. The minimum atomic E-state index is 0. The summed E-state index contributed by atoms with van der Waals surface area (Å²) in [4.78, 5) is 9.55. The number of nitrogens with two attached hydrogens (primary N) is 1. The Hall–Kier alpha value is -0.820. The molecule has 25 heavy (non-hydrogen) atoms. The van der Waals surface area contributed by atoms with Crippen molar-refractivity contribution in [2.75, 3.05) is 26.2 Å². The first-order valence-electron chi connectivity index (χ1n) is 9.67. The van der Waals surface area contributed by atoms with Gasteiger partial charge in [0.2, 0.25) is 0 Å². The van der Waals surface area contributed by atoms with E-state index in [9.17, 15) is 0 Å². The monoisotopic (exact) mass is 456 g/mol. The third-order valence-electron chi connectivity index (χ3n) is 5.30. The van der Waals surface area contributed by atoms with Gasteiger partial charge in [-0.3, -0.25) is 4.90 Å². The summed E-state index contributed by atoms with van der Waals surface area (Å²) < 4.78 is 0. The molecule has 2 aliphatic heterocycles. The van der Waals surface area contributed by atoms with E-state index in [2.05, 4.69) is 34.1 Å². The average molecular weight is 456 g/mol. The number of piperidine rings is 1. The minimum Gasteiger partial charge on any atom is -0.370 e. The van der Waals surface area contributed by atoms with Crippen LogP contribution in [-0.4, -0.2) is 41.9 Å². The highest BCUT2D eigenvalue weighted by Crippen LogP contribution is 2.17. The van der Waals surface area contributed by atoms with Gasteiger partial charge >= 0.3 is 0 Å². The van der Waals surface area contributed by atoms with Crippen LogP contribution in [-0.2, 0) is 13.1 Å². The number of hydrogen-bond donors (Lipinski definition) is 1. The summed E-state index contributed by atoms with van der Waals surface area (Å²) in [7, 11) is 0. The van der Waals surface area contributed by atoms with Crippen molar-refractivity contribution in [2.24, 2.45) is 10.7 Å². The molecule has 0 radical (unpaired) electrons. The van der Waals surface area contributed by atoms with E-state index in [0.29, 0.717) is 6.54 Å². The molecule has 0 spiro atoms. The first-order valence-corrected chi connectivity index (χ1v) is 9.67. The average Bonchev–Trinajstić information content (AvgIpc) is 2.91. The zero-order valence-electron chi connectivity index (χ0n) is 15.3. The van der Waals surface area contributed by atoms with Crippen molar-refractivity contribution in [3.05, 3.63) is 35.4 Å². The molecule has 2 fully saturated rings. The summed E-state index contributed by atoms with van der Waals surface area (Å²) in [5.74, 6) is 0.727. The number of rotatable bonds is 4. The summed E-state index contributed by atoms with van der Waals surface area (Å²) in [6.45, 7) is 6.33. The van der Waals surface area contributed by atoms with E-state index in [-0.39, 0.29) is 24.0 Å². The molecule has 2 heterocycles. The highest BCUT2D eigenvalue weighted by atomic mass is 127. The van der Waals surface area contributed by atoms with Crippen LogP contribution >= 0.6 is 24.0 Å². The summed E-state index contributed by atoms with van der Waals surface area (Å²) in [6.07, 6.45) is 9.17. The number of nitrogens with zero attached hydrogens (tertiary/aromatic N) is 3. The Balaban J connectivity index is 0.00000225. The molecule has 0 atom stereocenters. The van der Waals surface area contributed by atoms with Crippen molar-refractivity contribution in [1.82, 2.24) is 9.80 Å². The SMILES string of the molecule is I.NC(=NCc1ccccc1CN1CCCCC1)N1CCCCCC1. The number of aliphatic imine (C=N–C) groups is 1. The number of guanidine groups is 1. The summed E-state index contributed by atoms with van der Waals surface area (Å²) in [6, 6.07) is 8.72. The third kappa shape index (κ3) is 6.44. The first kappa shape index (κ1) is 20.5. The maximum Gasteiger partial charge on any atom is 0.191 e. The van der Waals surface area contributed by atoms with Gasteiger partial charge in [0.05, 0.1) is 6.54 Å². The normalized spacial score (nSPS) is 20.0. The van der Waals surface area contributed by atoms with Crippen LogP contribution in [0.4, 0.5) is 0 Å².